The number of rotatable bonds is 49. The number of Topliss-reactive ketones (excluding diaryl/α,β-unsaturated/α-hetero) is 4. The van der Waals surface area contributed by atoms with Crippen molar-refractivity contribution in [1.82, 2.24) is 40.9 Å². The smallest absolute Gasteiger partial charge is 0.312 e. The van der Waals surface area contributed by atoms with Gasteiger partial charge < -0.3 is 61.2 Å². The van der Waals surface area contributed by atoms with Crippen LogP contribution in [0, 0.1) is 41.4 Å². The number of amides is 9. The quantitative estimate of drug-likeness (QED) is 0.0243. The number of nitrogens with two attached hydrogens (primary N) is 1. The number of nitrogens with one attached hydrogen (secondary N) is 4. The van der Waals surface area contributed by atoms with E-state index in [1.165, 1.54) is 19.3 Å². The third kappa shape index (κ3) is 27.2. The van der Waals surface area contributed by atoms with Crippen LogP contribution < -0.4 is 27.0 Å². The number of aliphatic hydroxyl groups is 2. The number of carbonyl (C=O) groups is 12. The van der Waals surface area contributed by atoms with Crippen molar-refractivity contribution in [1.29, 1.82) is 0 Å². The standard InChI is InChI=1S/C84H123N9O17/c1-13-54(6)77(91(10)83(106)63(52(2)3)49-68(97)76(53(4)5)90(8)9)69(108-11)50-75(101)92-42-24-30-65(92)80(109-12)55(7)66(95)47-61(44-58-27-19-15-20-28-58)81(104)86-40-38-56-32-34-59(35-33-56)45-67(96)64(29-23-39-87-84(85)107)89-82(105)60(43-57-25-17-14-18-26-57)46-62(94)48-70-78(102)79(103)71(110-70)51-88-72(98)31-21-16-22-41-93-73(99)36-37-74(93)100/h14-15,17-20,25-28,32-37,52-55,60-61,63-65,69-71,76-80,102-103H,13,16,21-24,29-31,38-51H2,1-12H3,(H,86,104)(H,88,98)(H,89,105)(H3,85,87,107)/t54-,55?,60-,61+,63-,64+,65?,69?,70-,71+,76?,77?,78?,79?,80?/m0/s1. The molecule has 8 unspecified atom stereocenters. The minimum absolute atomic E-state index is 0.00802. The number of ketones is 4. The second kappa shape index (κ2) is 45.2. The third-order valence-electron chi connectivity index (χ3n) is 22.1. The molecule has 2 fully saturated rings. The summed E-state index contributed by atoms with van der Waals surface area (Å²) in [7, 11) is 8.59. The van der Waals surface area contributed by atoms with Gasteiger partial charge in [-0.1, -0.05) is 146 Å². The van der Waals surface area contributed by atoms with Crippen LogP contribution in [0.4, 0.5) is 4.79 Å². The number of nitrogens with zero attached hydrogens (tertiary/aromatic N) is 4. The highest BCUT2D eigenvalue weighted by atomic mass is 16.5. The molecule has 3 aromatic carbocycles. The van der Waals surface area contributed by atoms with E-state index < -0.39 is 96.1 Å². The second-order valence-electron chi connectivity index (χ2n) is 31.1. The molecular weight excluding hydrogens is 1410 g/mol. The van der Waals surface area contributed by atoms with E-state index >= 15 is 0 Å². The van der Waals surface area contributed by atoms with Gasteiger partial charge in [0.15, 0.2) is 11.6 Å². The molecule has 0 spiro atoms. The molecule has 0 aliphatic carbocycles. The van der Waals surface area contributed by atoms with Crippen molar-refractivity contribution in [2.45, 2.75) is 225 Å². The molecule has 3 aliphatic heterocycles. The Morgan fingerprint density at radius 2 is 1.26 bits per heavy atom. The molecule has 3 heterocycles. The van der Waals surface area contributed by atoms with Crippen LogP contribution >= 0.6 is 0 Å². The number of imide groups is 1. The number of methoxy groups -OCH3 is 2. The number of urea groups is 1. The van der Waals surface area contributed by atoms with Crippen LogP contribution in [0.15, 0.2) is 97.1 Å². The van der Waals surface area contributed by atoms with Crippen molar-refractivity contribution in [2.75, 3.05) is 68.1 Å². The zero-order chi connectivity index (χ0) is 80.9. The molecule has 606 valence electrons. The van der Waals surface area contributed by atoms with Crippen molar-refractivity contribution >= 4 is 70.5 Å². The monoisotopic (exact) mass is 1530 g/mol. The van der Waals surface area contributed by atoms with Crippen molar-refractivity contribution in [2.24, 2.45) is 47.2 Å². The van der Waals surface area contributed by atoms with Crippen LogP contribution in [0.2, 0.25) is 0 Å². The predicted octanol–water partition coefficient (Wildman–Crippen LogP) is 6.25. The average molecular weight is 1530 g/mol. The number of likely N-dealkylation sites (tertiary alicyclic amines) is 1. The van der Waals surface area contributed by atoms with E-state index in [0.717, 1.165) is 21.6 Å². The fraction of sp³-hybridized carbons (Fsp3) is 0.619. The first kappa shape index (κ1) is 90.5. The summed E-state index contributed by atoms with van der Waals surface area (Å²) in [6.07, 6.45) is -0.0841. The number of primary amides is 1. The zero-order valence-electron chi connectivity index (χ0n) is 66.7. The van der Waals surface area contributed by atoms with Crippen LogP contribution in [-0.4, -0.2) is 229 Å². The molecule has 0 saturated carbocycles. The number of hydrogen-bond donors (Lipinski definition) is 7. The van der Waals surface area contributed by atoms with Gasteiger partial charge in [-0.3, -0.25) is 62.5 Å². The summed E-state index contributed by atoms with van der Waals surface area (Å²) in [5.41, 5.74) is 8.43. The summed E-state index contributed by atoms with van der Waals surface area (Å²) >= 11 is 0. The Bertz CT molecular complexity index is 3530. The van der Waals surface area contributed by atoms with Gasteiger partial charge >= 0.3 is 6.03 Å². The van der Waals surface area contributed by atoms with Crippen molar-refractivity contribution in [3.05, 3.63) is 119 Å². The highest BCUT2D eigenvalue weighted by molar-refractivity contribution is 6.12. The SMILES string of the molecule is CC[C@H](C)C(C(CC(=O)N1CCCC1C(OC)C(C)C(=O)C[C@@H](Cc1ccccc1)C(=O)NCCc1ccc(CC(=O)[C@@H](CCCNC(N)=O)NC(=O)[C@H](CC(=O)C[C@@H]2O[C@H](CNC(=O)CCCCCN3C(=O)C=CC3=O)C(O)C2O)Cc2ccccc2)cc1)OC)N(C)C(=O)[C@@H](CC(=O)C(C(C)C)N(C)C)C(C)C. The Morgan fingerprint density at radius 1 is 0.655 bits per heavy atom. The van der Waals surface area contributed by atoms with Gasteiger partial charge in [0.1, 0.15) is 29.9 Å². The molecule has 3 aromatic rings. The van der Waals surface area contributed by atoms with Crippen molar-refractivity contribution in [3.8, 4) is 0 Å². The minimum atomic E-state index is -1.48. The number of likely N-dealkylation sites (N-methyl/N-ethyl adjacent to an activating group) is 2. The average Bonchev–Trinajstić information content (AvgIpc) is 1.64. The Hall–Kier alpha value is -8.40. The highest BCUT2D eigenvalue weighted by Gasteiger charge is 2.46. The molecule has 26 heteroatoms. The van der Waals surface area contributed by atoms with Crippen LogP contribution in [-0.2, 0) is 92.6 Å². The zero-order valence-corrected chi connectivity index (χ0v) is 66.7. The summed E-state index contributed by atoms with van der Waals surface area (Å²) in [6, 6.07) is 22.6. The summed E-state index contributed by atoms with van der Waals surface area (Å²) < 4.78 is 18.2. The molecule has 9 amide bonds. The van der Waals surface area contributed by atoms with Gasteiger partial charge in [-0.25, -0.2) is 4.79 Å². The number of carbonyl (C=O) groups excluding carboxylic acids is 12. The summed E-state index contributed by atoms with van der Waals surface area (Å²) in [5.74, 6) is -6.52. The fourth-order valence-corrected chi connectivity index (χ4v) is 15.7. The molecule has 3 aliphatic rings. The maximum atomic E-state index is 14.7. The number of unbranched alkanes of at least 4 members (excludes halogenated alkanes) is 2. The van der Waals surface area contributed by atoms with E-state index in [1.54, 1.807) is 67.3 Å². The molecule has 15 atom stereocenters. The molecular formula is C84H123N9O17. The lowest BCUT2D eigenvalue weighted by Crippen LogP contribution is -2.54. The largest absolute Gasteiger partial charge is 0.388 e. The first-order chi connectivity index (χ1) is 52.4. The van der Waals surface area contributed by atoms with Gasteiger partial charge in [0.05, 0.1) is 48.9 Å². The Morgan fingerprint density at radius 3 is 1.84 bits per heavy atom. The fourth-order valence-electron chi connectivity index (χ4n) is 15.7. The van der Waals surface area contributed by atoms with E-state index in [-0.39, 0.29) is 173 Å². The van der Waals surface area contributed by atoms with Crippen LogP contribution in [0.25, 0.3) is 0 Å². The topological polar surface area (TPSA) is 360 Å². The lowest BCUT2D eigenvalue weighted by atomic mass is 9.83. The molecule has 6 rings (SSSR count). The van der Waals surface area contributed by atoms with Gasteiger partial charge in [0.25, 0.3) is 11.8 Å². The predicted molar refractivity (Wildman–Crippen MR) is 416 cm³/mol. The van der Waals surface area contributed by atoms with Gasteiger partial charge in [0, 0.05) is 128 Å². The molecule has 0 aromatic heterocycles. The summed E-state index contributed by atoms with van der Waals surface area (Å²) in [6.45, 7) is 14.6. The van der Waals surface area contributed by atoms with Gasteiger partial charge in [-0.2, -0.15) is 0 Å². The normalized spacial score (nSPS) is 19.8. The molecule has 26 nitrogen and oxygen atoms in total. The van der Waals surface area contributed by atoms with Crippen molar-refractivity contribution < 1.29 is 82.0 Å². The lowest BCUT2D eigenvalue weighted by molar-refractivity contribution is -0.149. The van der Waals surface area contributed by atoms with Crippen LogP contribution in [0.3, 0.4) is 0 Å². The van der Waals surface area contributed by atoms with Crippen molar-refractivity contribution in [3.63, 3.8) is 0 Å². The Kier molecular flexibility index (Phi) is 37.2. The highest BCUT2D eigenvalue weighted by Crippen LogP contribution is 2.33. The van der Waals surface area contributed by atoms with Crippen LogP contribution in [0.5, 0.6) is 0 Å². The molecule has 0 bridgehead atoms. The molecule has 110 heavy (non-hydrogen) atoms. The number of ether oxygens (including phenoxy) is 3. The summed E-state index contributed by atoms with van der Waals surface area (Å²) in [4.78, 5) is 169. The first-order valence-corrected chi connectivity index (χ1v) is 39.3. The van der Waals surface area contributed by atoms with Gasteiger partial charge in [-0.05, 0) is 112 Å². The van der Waals surface area contributed by atoms with Crippen LogP contribution in [0.1, 0.15) is 161 Å². The van der Waals surface area contributed by atoms with E-state index in [2.05, 4.69) is 21.3 Å². The van der Waals surface area contributed by atoms with E-state index in [1.807, 2.05) is 109 Å². The Labute approximate surface area is 649 Å². The van der Waals surface area contributed by atoms with Gasteiger partial charge in [0.2, 0.25) is 29.5 Å². The number of benzene rings is 3. The minimum Gasteiger partial charge on any atom is -0.388 e. The molecule has 2 saturated heterocycles. The second-order valence-corrected chi connectivity index (χ2v) is 31.1. The molecule has 8 N–H and O–H groups in total. The Balaban J connectivity index is 1.05. The maximum Gasteiger partial charge on any atom is 0.312 e. The van der Waals surface area contributed by atoms with E-state index in [0.29, 0.717) is 57.1 Å². The van der Waals surface area contributed by atoms with E-state index in [9.17, 15) is 67.7 Å². The molecule has 0 radical (unpaired) electrons. The first-order valence-electron chi connectivity index (χ1n) is 39.3. The summed E-state index contributed by atoms with van der Waals surface area (Å²) in [5, 5.41) is 33.1. The van der Waals surface area contributed by atoms with Gasteiger partial charge in [-0.15, -0.1) is 0 Å². The number of hydrogen-bond acceptors (Lipinski definition) is 18. The van der Waals surface area contributed by atoms with E-state index in [4.69, 9.17) is 19.9 Å². The lowest BCUT2D eigenvalue weighted by Gasteiger charge is -2.41. The maximum absolute atomic E-state index is 14.7. The third-order valence-corrected chi connectivity index (χ3v) is 22.1. The number of aliphatic hydroxyl groups excluding tert-OH is 2.